The Balaban J connectivity index is 1.44. The standard InChI is InChI=1S/C50H47N3/c1-7-11-13-19-35(5)50(51)52-48(32-25-37(10-4)20-12-8-2)46-31-30-43(44-23-16-17-24-45(44)46)38-26-28-41(29-27-38)53-36(6)42(18-9-3)47-33-39-21-14-15-22-40(39)34-49(47)53/h7-24,26-34H,2,5,25H2,1,3-4,6H3,(H2,51,52)/b11-7-,18-9-,19-13-,20-12-,37-10+,48-32-. The van der Waals surface area contributed by atoms with Crippen LogP contribution in [0.25, 0.3) is 61.0 Å². The van der Waals surface area contributed by atoms with Gasteiger partial charge in [0.1, 0.15) is 5.84 Å². The second kappa shape index (κ2) is 16.7. The van der Waals surface area contributed by atoms with Crippen LogP contribution in [0.15, 0.2) is 187 Å². The molecule has 3 heteroatoms. The van der Waals surface area contributed by atoms with Crippen LogP contribution in [0, 0.1) is 6.92 Å². The molecule has 1 aromatic heterocycles. The first kappa shape index (κ1) is 36.3. The number of benzene rings is 5. The number of amidine groups is 1. The lowest BCUT2D eigenvalue weighted by atomic mass is 9.93. The molecule has 2 N–H and O–H groups in total. The molecule has 6 rings (SSSR count). The summed E-state index contributed by atoms with van der Waals surface area (Å²) in [4.78, 5) is 4.98. The number of aliphatic imine (C=N–C) groups is 1. The van der Waals surface area contributed by atoms with E-state index >= 15 is 0 Å². The second-order valence-corrected chi connectivity index (χ2v) is 13.0. The normalized spacial score (nSPS) is 13.2. The lowest BCUT2D eigenvalue weighted by Crippen LogP contribution is -2.13. The van der Waals surface area contributed by atoms with Crippen molar-refractivity contribution in [2.45, 2.75) is 34.1 Å². The molecule has 0 bridgehead atoms. The highest BCUT2D eigenvalue weighted by molar-refractivity contribution is 6.07. The lowest BCUT2D eigenvalue weighted by molar-refractivity contribution is 1.05. The van der Waals surface area contributed by atoms with Crippen molar-refractivity contribution in [1.29, 1.82) is 0 Å². The Kier molecular flexibility index (Phi) is 11.5. The third-order valence-corrected chi connectivity index (χ3v) is 9.61. The van der Waals surface area contributed by atoms with Gasteiger partial charge in [0.05, 0.1) is 11.2 Å². The van der Waals surface area contributed by atoms with E-state index in [4.69, 9.17) is 10.7 Å². The smallest absolute Gasteiger partial charge is 0.130 e. The minimum Gasteiger partial charge on any atom is -0.383 e. The van der Waals surface area contributed by atoms with Gasteiger partial charge in [0.25, 0.3) is 0 Å². The fourth-order valence-corrected chi connectivity index (χ4v) is 6.87. The highest BCUT2D eigenvalue weighted by Gasteiger charge is 2.16. The summed E-state index contributed by atoms with van der Waals surface area (Å²) in [5, 5.41) is 5.99. The summed E-state index contributed by atoms with van der Waals surface area (Å²) in [5.74, 6) is 0.378. The van der Waals surface area contributed by atoms with Gasteiger partial charge >= 0.3 is 0 Å². The first-order valence-corrected chi connectivity index (χ1v) is 18.1. The molecule has 0 spiro atoms. The Bertz CT molecular complexity index is 2540. The molecule has 0 saturated carbocycles. The fourth-order valence-electron chi connectivity index (χ4n) is 6.87. The van der Waals surface area contributed by atoms with Crippen LogP contribution in [0.3, 0.4) is 0 Å². The van der Waals surface area contributed by atoms with Crippen LogP contribution in [0.5, 0.6) is 0 Å². The van der Waals surface area contributed by atoms with Crippen molar-refractivity contribution in [3.63, 3.8) is 0 Å². The van der Waals surface area contributed by atoms with Gasteiger partial charge in [-0.05, 0) is 96.6 Å². The predicted octanol–water partition coefficient (Wildman–Crippen LogP) is 13.4. The second-order valence-electron chi connectivity index (χ2n) is 13.0. The molecule has 0 fully saturated rings. The van der Waals surface area contributed by atoms with Gasteiger partial charge in [-0.25, -0.2) is 4.99 Å². The zero-order chi connectivity index (χ0) is 37.3. The van der Waals surface area contributed by atoms with E-state index in [1.807, 2.05) is 44.2 Å². The van der Waals surface area contributed by atoms with Crippen LogP contribution in [-0.4, -0.2) is 10.4 Å². The molecule has 0 aliphatic carbocycles. The van der Waals surface area contributed by atoms with Gasteiger partial charge in [0.2, 0.25) is 0 Å². The number of nitrogens with zero attached hydrogens (tertiary/aromatic N) is 2. The van der Waals surface area contributed by atoms with Gasteiger partial charge in [-0.1, -0.05) is 153 Å². The maximum atomic E-state index is 6.56. The van der Waals surface area contributed by atoms with Gasteiger partial charge in [-0.3, -0.25) is 0 Å². The lowest BCUT2D eigenvalue weighted by Gasteiger charge is -2.15. The van der Waals surface area contributed by atoms with Crippen molar-refractivity contribution < 1.29 is 0 Å². The van der Waals surface area contributed by atoms with E-state index in [1.54, 1.807) is 6.08 Å². The SMILES string of the molecule is C=C/C=C\C(=C/C)C/C=C(\N=C(N)C(=C)/C=C\C=C/C)c1ccc(-c2ccc(-n3c(C)c(/C=C\C)c4cc5ccccc5cc43)cc2)c2ccccc12. The molecule has 0 radical (unpaired) electrons. The molecule has 3 nitrogen and oxygen atoms in total. The third-order valence-electron chi connectivity index (χ3n) is 9.61. The van der Waals surface area contributed by atoms with Gasteiger partial charge < -0.3 is 10.3 Å². The minimum atomic E-state index is 0.378. The summed E-state index contributed by atoms with van der Waals surface area (Å²) >= 11 is 0. The van der Waals surface area contributed by atoms with Gasteiger partial charge in [0.15, 0.2) is 0 Å². The summed E-state index contributed by atoms with van der Waals surface area (Å²) in [6, 6.07) is 35.1. The molecule has 262 valence electrons. The molecular weight excluding hydrogens is 643 g/mol. The van der Waals surface area contributed by atoms with E-state index < -0.39 is 0 Å². The van der Waals surface area contributed by atoms with E-state index in [0.717, 1.165) is 44.4 Å². The monoisotopic (exact) mass is 689 g/mol. The largest absolute Gasteiger partial charge is 0.383 e. The minimum absolute atomic E-state index is 0.378. The Morgan fingerprint density at radius 1 is 0.774 bits per heavy atom. The molecule has 0 atom stereocenters. The van der Waals surface area contributed by atoms with Gasteiger partial charge in [-0.15, -0.1) is 0 Å². The number of hydrogen-bond donors (Lipinski definition) is 1. The number of allylic oxidation sites excluding steroid dienone is 10. The highest BCUT2D eigenvalue weighted by atomic mass is 15.0. The quantitative estimate of drug-likeness (QED) is 0.0776. The Hall–Kier alpha value is -6.45. The molecule has 0 saturated heterocycles. The summed E-state index contributed by atoms with van der Waals surface area (Å²) in [6.07, 6.45) is 22.8. The topological polar surface area (TPSA) is 43.3 Å². The molecular formula is C50H47N3. The Morgan fingerprint density at radius 3 is 2.19 bits per heavy atom. The number of aromatic nitrogens is 1. The molecule has 53 heavy (non-hydrogen) atoms. The van der Waals surface area contributed by atoms with Crippen LogP contribution in [0.4, 0.5) is 0 Å². The zero-order valence-corrected chi connectivity index (χ0v) is 31.2. The zero-order valence-electron chi connectivity index (χ0n) is 31.2. The molecule has 1 heterocycles. The van der Waals surface area contributed by atoms with Crippen molar-refractivity contribution in [2.24, 2.45) is 10.7 Å². The van der Waals surface area contributed by atoms with Crippen molar-refractivity contribution in [3.8, 4) is 16.8 Å². The number of hydrogen-bond acceptors (Lipinski definition) is 1. The average Bonchev–Trinajstić information content (AvgIpc) is 3.45. The number of fused-ring (bicyclic) bond motifs is 3. The van der Waals surface area contributed by atoms with Gasteiger partial charge in [-0.2, -0.15) is 0 Å². The highest BCUT2D eigenvalue weighted by Crippen LogP contribution is 2.37. The van der Waals surface area contributed by atoms with Crippen molar-refractivity contribution in [3.05, 3.63) is 199 Å². The summed E-state index contributed by atoms with van der Waals surface area (Å²) in [6.45, 7) is 16.3. The molecule has 0 unspecified atom stereocenters. The molecule has 0 aliphatic rings. The number of nitrogens with two attached hydrogens (primary N) is 1. The van der Waals surface area contributed by atoms with E-state index in [0.29, 0.717) is 17.8 Å². The maximum absolute atomic E-state index is 6.56. The first-order valence-electron chi connectivity index (χ1n) is 18.1. The van der Waals surface area contributed by atoms with Crippen molar-refractivity contribution in [1.82, 2.24) is 4.57 Å². The predicted molar refractivity (Wildman–Crippen MR) is 234 cm³/mol. The van der Waals surface area contributed by atoms with E-state index in [2.05, 4.69) is 159 Å². The van der Waals surface area contributed by atoms with E-state index in [-0.39, 0.29) is 0 Å². The Morgan fingerprint density at radius 2 is 1.49 bits per heavy atom. The molecule has 0 amide bonds. The van der Waals surface area contributed by atoms with Crippen LogP contribution in [0.2, 0.25) is 0 Å². The van der Waals surface area contributed by atoms with Crippen LogP contribution in [0.1, 0.15) is 44.0 Å². The summed E-state index contributed by atoms with van der Waals surface area (Å²) in [7, 11) is 0. The van der Waals surface area contributed by atoms with Crippen LogP contribution in [-0.2, 0) is 0 Å². The first-order chi connectivity index (χ1) is 25.9. The average molecular weight is 690 g/mol. The molecule has 0 aliphatic heterocycles. The van der Waals surface area contributed by atoms with Crippen LogP contribution < -0.4 is 5.73 Å². The molecule has 6 aromatic rings. The molecule has 5 aromatic carbocycles. The number of rotatable bonds is 12. The fraction of sp³-hybridized carbons (Fsp3) is 0.100. The summed E-state index contributed by atoms with van der Waals surface area (Å²) in [5.41, 5.74) is 17.3. The van der Waals surface area contributed by atoms with Gasteiger partial charge in [0, 0.05) is 33.5 Å². The van der Waals surface area contributed by atoms with Crippen LogP contribution >= 0.6 is 0 Å². The summed E-state index contributed by atoms with van der Waals surface area (Å²) < 4.78 is 2.38. The third kappa shape index (κ3) is 7.75. The van der Waals surface area contributed by atoms with Crippen molar-refractivity contribution in [2.75, 3.05) is 0 Å². The Labute approximate surface area is 314 Å². The van der Waals surface area contributed by atoms with E-state index in [1.165, 1.54) is 32.9 Å². The van der Waals surface area contributed by atoms with Crippen molar-refractivity contribution >= 4 is 50.1 Å². The maximum Gasteiger partial charge on any atom is 0.130 e. The van der Waals surface area contributed by atoms with E-state index in [9.17, 15) is 0 Å².